The number of ether oxygens (including phenoxy) is 1. The largest absolute Gasteiger partial charge is 0.497 e. The van der Waals surface area contributed by atoms with Gasteiger partial charge in [0.2, 0.25) is 0 Å². The van der Waals surface area contributed by atoms with E-state index >= 15 is 0 Å². The molecule has 0 N–H and O–H groups in total. The van der Waals surface area contributed by atoms with Gasteiger partial charge in [0.05, 0.1) is 7.11 Å². The lowest BCUT2D eigenvalue weighted by Gasteiger charge is -2.15. The van der Waals surface area contributed by atoms with Crippen LogP contribution in [0.3, 0.4) is 0 Å². The zero-order chi connectivity index (χ0) is 16.2. The molecular formula is C20H23NO2. The predicted octanol–water partition coefficient (Wildman–Crippen LogP) is 3.65. The minimum atomic E-state index is 0.0760. The third-order valence-electron chi connectivity index (χ3n) is 4.65. The summed E-state index contributed by atoms with van der Waals surface area (Å²) in [5, 5.41) is 0. The second-order valence-electron chi connectivity index (χ2n) is 6.36. The Bertz CT molecular complexity index is 651. The van der Waals surface area contributed by atoms with Gasteiger partial charge >= 0.3 is 0 Å². The third kappa shape index (κ3) is 3.62. The highest BCUT2D eigenvalue weighted by Gasteiger charge is 2.34. The molecule has 0 amide bonds. The summed E-state index contributed by atoms with van der Waals surface area (Å²) in [5.41, 5.74) is 2.08. The summed E-state index contributed by atoms with van der Waals surface area (Å²) in [6, 6.07) is 17.9. The Hall–Kier alpha value is -2.13. The minimum absolute atomic E-state index is 0.0760. The van der Waals surface area contributed by atoms with E-state index in [4.69, 9.17) is 4.74 Å². The summed E-state index contributed by atoms with van der Waals surface area (Å²) in [4.78, 5) is 15.2. The van der Waals surface area contributed by atoms with Crippen LogP contribution in [-0.4, -0.2) is 30.9 Å². The van der Waals surface area contributed by atoms with Gasteiger partial charge < -0.3 is 4.74 Å². The maximum atomic E-state index is 12.8. The molecule has 1 aliphatic heterocycles. The van der Waals surface area contributed by atoms with E-state index in [0.717, 1.165) is 30.9 Å². The van der Waals surface area contributed by atoms with Gasteiger partial charge in [-0.05, 0) is 35.7 Å². The van der Waals surface area contributed by atoms with Crippen LogP contribution in [-0.2, 0) is 6.54 Å². The molecule has 0 aliphatic carbocycles. The van der Waals surface area contributed by atoms with E-state index < -0.39 is 0 Å². The van der Waals surface area contributed by atoms with E-state index in [1.54, 1.807) is 7.11 Å². The van der Waals surface area contributed by atoms with Gasteiger partial charge in [0.1, 0.15) is 5.75 Å². The van der Waals surface area contributed by atoms with Gasteiger partial charge in [0.15, 0.2) is 5.78 Å². The molecule has 0 spiro atoms. The number of rotatable bonds is 5. The van der Waals surface area contributed by atoms with E-state index in [9.17, 15) is 4.79 Å². The van der Waals surface area contributed by atoms with E-state index in [2.05, 4.69) is 36.1 Å². The summed E-state index contributed by atoms with van der Waals surface area (Å²) >= 11 is 0. The smallest absolute Gasteiger partial charge is 0.167 e. The van der Waals surface area contributed by atoms with Crippen molar-refractivity contribution >= 4 is 5.78 Å². The van der Waals surface area contributed by atoms with Crippen LogP contribution in [0.5, 0.6) is 5.75 Å². The maximum absolute atomic E-state index is 12.8. The van der Waals surface area contributed by atoms with Crippen molar-refractivity contribution in [3.05, 3.63) is 65.7 Å². The molecule has 0 aromatic heterocycles. The van der Waals surface area contributed by atoms with Gasteiger partial charge in [-0.15, -0.1) is 0 Å². The Kier molecular flexibility index (Phi) is 4.77. The maximum Gasteiger partial charge on any atom is 0.167 e. The molecule has 0 radical (unpaired) electrons. The van der Waals surface area contributed by atoms with Crippen LogP contribution in [0.2, 0.25) is 0 Å². The molecule has 1 heterocycles. The van der Waals surface area contributed by atoms with Crippen molar-refractivity contribution in [3.8, 4) is 5.75 Å². The summed E-state index contributed by atoms with van der Waals surface area (Å²) in [5.74, 6) is 1.49. The molecule has 1 unspecified atom stereocenters. The lowest BCUT2D eigenvalue weighted by atomic mass is 9.90. The Balaban J connectivity index is 1.66. The Labute approximate surface area is 137 Å². The molecule has 3 nitrogen and oxygen atoms in total. The number of hydrogen-bond acceptors (Lipinski definition) is 3. The zero-order valence-electron chi connectivity index (χ0n) is 13.7. The molecule has 0 saturated carbocycles. The number of nitrogens with zero attached hydrogens (tertiary/aromatic N) is 1. The highest BCUT2D eigenvalue weighted by atomic mass is 16.5. The average Bonchev–Trinajstić information content (AvgIpc) is 2.95. The molecule has 23 heavy (non-hydrogen) atoms. The van der Waals surface area contributed by atoms with Gasteiger partial charge in [0.25, 0.3) is 0 Å². The molecule has 1 aliphatic rings. The zero-order valence-corrected chi connectivity index (χ0v) is 13.7. The highest BCUT2D eigenvalue weighted by Crippen LogP contribution is 2.28. The first-order valence-electron chi connectivity index (χ1n) is 8.12. The molecule has 1 saturated heterocycles. The molecule has 3 heteroatoms. The Morgan fingerprint density at radius 3 is 2.43 bits per heavy atom. The number of Topliss-reactive ketones (excluding diaryl/α,β-unsaturated/α-hetero) is 1. The van der Waals surface area contributed by atoms with Crippen molar-refractivity contribution < 1.29 is 9.53 Å². The van der Waals surface area contributed by atoms with Crippen molar-refractivity contribution in [2.24, 2.45) is 11.8 Å². The number of hydrogen-bond donors (Lipinski definition) is 0. The Morgan fingerprint density at radius 1 is 1.09 bits per heavy atom. The number of ketones is 1. The molecule has 1 fully saturated rings. The first-order chi connectivity index (χ1) is 11.2. The van der Waals surface area contributed by atoms with Crippen LogP contribution in [0, 0.1) is 11.8 Å². The number of carbonyl (C=O) groups excluding carboxylic acids is 1. The lowest BCUT2D eigenvalue weighted by Crippen LogP contribution is -2.23. The third-order valence-corrected chi connectivity index (χ3v) is 4.65. The first-order valence-corrected chi connectivity index (χ1v) is 8.12. The van der Waals surface area contributed by atoms with E-state index in [1.165, 1.54) is 5.56 Å². The summed E-state index contributed by atoms with van der Waals surface area (Å²) in [7, 11) is 1.64. The lowest BCUT2D eigenvalue weighted by molar-refractivity contribution is 0.0902. The standard InChI is InChI=1S/C20H23NO2/c1-15-12-21(13-16-6-4-3-5-7-16)14-19(15)20(22)17-8-10-18(23-2)11-9-17/h3-11,15,19H,12-14H2,1-2H3/t15-,19?/m0/s1. The molecule has 3 rings (SSSR count). The van der Waals surface area contributed by atoms with E-state index in [-0.39, 0.29) is 11.7 Å². The van der Waals surface area contributed by atoms with Crippen molar-refractivity contribution in [1.29, 1.82) is 0 Å². The van der Waals surface area contributed by atoms with Gasteiger partial charge in [0, 0.05) is 31.1 Å². The molecule has 2 aromatic rings. The Morgan fingerprint density at radius 2 is 1.78 bits per heavy atom. The summed E-state index contributed by atoms with van der Waals surface area (Å²) in [6.07, 6.45) is 0. The predicted molar refractivity (Wildman–Crippen MR) is 91.7 cm³/mol. The molecular weight excluding hydrogens is 286 g/mol. The highest BCUT2D eigenvalue weighted by molar-refractivity contribution is 5.98. The molecule has 120 valence electrons. The SMILES string of the molecule is COc1ccc(C(=O)C2CN(Cc3ccccc3)C[C@@H]2C)cc1. The van der Waals surface area contributed by atoms with Crippen LogP contribution >= 0.6 is 0 Å². The van der Waals surface area contributed by atoms with Crippen LogP contribution in [0.1, 0.15) is 22.8 Å². The molecule has 2 aromatic carbocycles. The quantitative estimate of drug-likeness (QED) is 0.790. The van der Waals surface area contributed by atoms with Crippen LogP contribution < -0.4 is 4.74 Å². The van der Waals surface area contributed by atoms with Gasteiger partial charge in [-0.1, -0.05) is 37.3 Å². The van der Waals surface area contributed by atoms with Gasteiger partial charge in [-0.2, -0.15) is 0 Å². The minimum Gasteiger partial charge on any atom is -0.497 e. The number of carbonyl (C=O) groups is 1. The van der Waals surface area contributed by atoms with E-state index in [0.29, 0.717) is 5.92 Å². The fourth-order valence-corrected chi connectivity index (χ4v) is 3.35. The van der Waals surface area contributed by atoms with Crippen molar-refractivity contribution in [1.82, 2.24) is 4.90 Å². The molecule has 0 bridgehead atoms. The average molecular weight is 309 g/mol. The van der Waals surface area contributed by atoms with Crippen molar-refractivity contribution in [2.75, 3.05) is 20.2 Å². The fraction of sp³-hybridized carbons (Fsp3) is 0.350. The second-order valence-corrected chi connectivity index (χ2v) is 6.36. The van der Waals surface area contributed by atoms with E-state index in [1.807, 2.05) is 30.3 Å². The van der Waals surface area contributed by atoms with Crippen LogP contribution in [0.15, 0.2) is 54.6 Å². The number of methoxy groups -OCH3 is 1. The van der Waals surface area contributed by atoms with Crippen LogP contribution in [0.25, 0.3) is 0 Å². The van der Waals surface area contributed by atoms with Crippen molar-refractivity contribution in [3.63, 3.8) is 0 Å². The second kappa shape index (κ2) is 6.97. The van der Waals surface area contributed by atoms with Crippen LogP contribution in [0.4, 0.5) is 0 Å². The monoisotopic (exact) mass is 309 g/mol. The topological polar surface area (TPSA) is 29.5 Å². The first kappa shape index (κ1) is 15.8. The van der Waals surface area contributed by atoms with Crippen molar-refractivity contribution in [2.45, 2.75) is 13.5 Å². The van der Waals surface area contributed by atoms with Gasteiger partial charge in [-0.25, -0.2) is 0 Å². The number of likely N-dealkylation sites (tertiary alicyclic amines) is 1. The fourth-order valence-electron chi connectivity index (χ4n) is 3.35. The normalized spacial score (nSPS) is 21.3. The number of benzene rings is 2. The summed E-state index contributed by atoms with van der Waals surface area (Å²) in [6.45, 7) is 4.90. The molecule has 2 atom stereocenters. The summed E-state index contributed by atoms with van der Waals surface area (Å²) < 4.78 is 5.16. The van der Waals surface area contributed by atoms with Gasteiger partial charge in [-0.3, -0.25) is 9.69 Å².